The SMILES string of the molecule is O=C(c1cn2c3c(cccc3c1=O)CC2)N1CCOc2ccccc21. The van der Waals surface area contributed by atoms with Gasteiger partial charge in [0, 0.05) is 18.1 Å². The van der Waals surface area contributed by atoms with Gasteiger partial charge in [-0.2, -0.15) is 0 Å². The molecular weight excluding hydrogens is 316 g/mol. The number of anilines is 1. The van der Waals surface area contributed by atoms with Crippen LogP contribution in [0, 0.1) is 0 Å². The summed E-state index contributed by atoms with van der Waals surface area (Å²) >= 11 is 0. The number of para-hydroxylation sites is 3. The summed E-state index contributed by atoms with van der Waals surface area (Å²) in [7, 11) is 0. The van der Waals surface area contributed by atoms with Gasteiger partial charge in [0.2, 0.25) is 5.43 Å². The second-order valence-electron chi connectivity index (χ2n) is 6.40. The van der Waals surface area contributed by atoms with Crippen molar-refractivity contribution in [3.63, 3.8) is 0 Å². The Morgan fingerprint density at radius 2 is 1.92 bits per heavy atom. The van der Waals surface area contributed by atoms with Crippen LogP contribution >= 0.6 is 0 Å². The van der Waals surface area contributed by atoms with E-state index < -0.39 is 0 Å². The zero-order valence-electron chi connectivity index (χ0n) is 13.6. The molecule has 0 N–H and O–H groups in total. The fourth-order valence-corrected chi connectivity index (χ4v) is 3.84. The third kappa shape index (κ3) is 2.02. The first-order chi connectivity index (χ1) is 12.2. The number of benzene rings is 2. The van der Waals surface area contributed by atoms with E-state index >= 15 is 0 Å². The summed E-state index contributed by atoms with van der Waals surface area (Å²) in [5, 5.41) is 0.627. The molecule has 2 aromatic carbocycles. The molecule has 2 aliphatic heterocycles. The van der Waals surface area contributed by atoms with Gasteiger partial charge in [-0.25, -0.2) is 0 Å². The predicted molar refractivity (Wildman–Crippen MR) is 95.5 cm³/mol. The molecule has 0 saturated carbocycles. The van der Waals surface area contributed by atoms with Crippen LogP contribution < -0.4 is 15.1 Å². The highest BCUT2D eigenvalue weighted by Crippen LogP contribution is 2.32. The van der Waals surface area contributed by atoms with Crippen molar-refractivity contribution in [1.82, 2.24) is 4.57 Å². The molecule has 0 bridgehead atoms. The van der Waals surface area contributed by atoms with Crippen LogP contribution in [-0.2, 0) is 13.0 Å². The molecule has 1 amide bonds. The fourth-order valence-electron chi connectivity index (χ4n) is 3.84. The number of carbonyl (C=O) groups excluding carboxylic acids is 1. The Morgan fingerprint density at radius 3 is 2.84 bits per heavy atom. The zero-order chi connectivity index (χ0) is 17.0. The van der Waals surface area contributed by atoms with E-state index in [1.807, 2.05) is 47.0 Å². The molecule has 2 aliphatic rings. The highest BCUT2D eigenvalue weighted by molar-refractivity contribution is 6.08. The van der Waals surface area contributed by atoms with Crippen LogP contribution in [-0.4, -0.2) is 23.6 Å². The number of nitrogens with zero attached hydrogens (tertiary/aromatic N) is 2. The smallest absolute Gasteiger partial charge is 0.263 e. The van der Waals surface area contributed by atoms with Crippen molar-refractivity contribution in [1.29, 1.82) is 0 Å². The third-order valence-electron chi connectivity index (χ3n) is 5.01. The summed E-state index contributed by atoms with van der Waals surface area (Å²) in [5.74, 6) is 0.415. The molecule has 0 spiro atoms. The van der Waals surface area contributed by atoms with Crippen molar-refractivity contribution in [3.05, 3.63) is 70.0 Å². The molecule has 0 atom stereocenters. The highest BCUT2D eigenvalue weighted by Gasteiger charge is 2.28. The molecule has 3 heterocycles. The van der Waals surface area contributed by atoms with E-state index in [9.17, 15) is 9.59 Å². The molecule has 5 nitrogen and oxygen atoms in total. The van der Waals surface area contributed by atoms with E-state index in [2.05, 4.69) is 0 Å². The largest absolute Gasteiger partial charge is 0.490 e. The van der Waals surface area contributed by atoms with Crippen molar-refractivity contribution < 1.29 is 9.53 Å². The standard InChI is InChI=1S/C20H16N2O3/c23-19-14-5-3-4-13-8-9-21(18(13)14)12-15(19)20(24)22-10-11-25-17-7-2-1-6-16(17)22/h1-7,12H,8-11H2. The van der Waals surface area contributed by atoms with Gasteiger partial charge in [0.15, 0.2) is 0 Å². The van der Waals surface area contributed by atoms with Crippen LogP contribution in [0.25, 0.3) is 10.9 Å². The van der Waals surface area contributed by atoms with Crippen molar-refractivity contribution >= 4 is 22.5 Å². The van der Waals surface area contributed by atoms with Gasteiger partial charge in [0.25, 0.3) is 5.91 Å². The van der Waals surface area contributed by atoms with Crippen LogP contribution in [0.15, 0.2) is 53.5 Å². The molecule has 25 heavy (non-hydrogen) atoms. The summed E-state index contributed by atoms with van der Waals surface area (Å²) in [5.41, 5.74) is 2.89. The second-order valence-corrected chi connectivity index (χ2v) is 6.40. The first kappa shape index (κ1) is 14.3. The Hall–Kier alpha value is -3.08. The van der Waals surface area contributed by atoms with Gasteiger partial charge in [0.05, 0.1) is 17.7 Å². The van der Waals surface area contributed by atoms with Gasteiger partial charge in [-0.15, -0.1) is 0 Å². The number of aromatic nitrogens is 1. The number of pyridine rings is 1. The number of carbonyl (C=O) groups is 1. The number of amides is 1. The summed E-state index contributed by atoms with van der Waals surface area (Å²) in [6.45, 7) is 1.66. The van der Waals surface area contributed by atoms with Gasteiger partial charge >= 0.3 is 0 Å². The Morgan fingerprint density at radius 1 is 1.04 bits per heavy atom. The molecule has 5 rings (SSSR count). The van der Waals surface area contributed by atoms with Gasteiger partial charge in [0.1, 0.15) is 17.9 Å². The van der Waals surface area contributed by atoms with Crippen molar-refractivity contribution in [2.24, 2.45) is 0 Å². The Kier molecular flexibility index (Phi) is 2.98. The lowest BCUT2D eigenvalue weighted by Crippen LogP contribution is -2.40. The number of ether oxygens (including phenoxy) is 1. The first-order valence-electron chi connectivity index (χ1n) is 8.43. The average molecular weight is 332 g/mol. The molecule has 3 aromatic rings. The zero-order valence-corrected chi connectivity index (χ0v) is 13.6. The summed E-state index contributed by atoms with van der Waals surface area (Å²) < 4.78 is 7.65. The number of hydrogen-bond donors (Lipinski definition) is 0. The van der Waals surface area contributed by atoms with E-state index in [0.29, 0.717) is 30.0 Å². The van der Waals surface area contributed by atoms with Gasteiger partial charge in [-0.05, 0) is 30.2 Å². The van der Waals surface area contributed by atoms with Gasteiger partial charge in [-0.3, -0.25) is 9.59 Å². The van der Waals surface area contributed by atoms with E-state index in [0.717, 1.165) is 18.5 Å². The lowest BCUT2D eigenvalue weighted by atomic mass is 10.1. The Bertz CT molecular complexity index is 1080. The maximum absolute atomic E-state index is 13.2. The van der Waals surface area contributed by atoms with Crippen LogP contribution in [0.2, 0.25) is 0 Å². The Labute approximate surface area is 144 Å². The first-order valence-corrected chi connectivity index (χ1v) is 8.43. The molecule has 0 radical (unpaired) electrons. The molecule has 5 heteroatoms. The van der Waals surface area contributed by atoms with Gasteiger partial charge in [-0.1, -0.05) is 24.3 Å². The van der Waals surface area contributed by atoms with Crippen molar-refractivity contribution in [2.45, 2.75) is 13.0 Å². The van der Waals surface area contributed by atoms with Crippen LogP contribution in [0.5, 0.6) is 5.75 Å². The molecular formula is C20H16N2O3. The van der Waals surface area contributed by atoms with Crippen molar-refractivity contribution in [3.8, 4) is 5.75 Å². The van der Waals surface area contributed by atoms with Crippen LogP contribution in [0.4, 0.5) is 5.69 Å². The minimum Gasteiger partial charge on any atom is -0.490 e. The topological polar surface area (TPSA) is 51.5 Å². The number of aryl methyl sites for hydroxylation is 2. The maximum Gasteiger partial charge on any atom is 0.263 e. The molecule has 0 unspecified atom stereocenters. The molecule has 1 aromatic heterocycles. The maximum atomic E-state index is 13.2. The van der Waals surface area contributed by atoms with Crippen LogP contribution in [0.1, 0.15) is 15.9 Å². The van der Waals surface area contributed by atoms with Crippen LogP contribution in [0.3, 0.4) is 0 Å². The lowest BCUT2D eigenvalue weighted by Gasteiger charge is -2.29. The minimum absolute atomic E-state index is 0.191. The fraction of sp³-hybridized carbons (Fsp3) is 0.200. The third-order valence-corrected chi connectivity index (χ3v) is 5.01. The summed E-state index contributed by atoms with van der Waals surface area (Å²) in [4.78, 5) is 27.8. The van der Waals surface area contributed by atoms with Gasteiger partial charge < -0.3 is 14.2 Å². The monoisotopic (exact) mass is 332 g/mol. The molecule has 0 fully saturated rings. The molecule has 0 aliphatic carbocycles. The van der Waals surface area contributed by atoms with Crippen molar-refractivity contribution in [2.75, 3.05) is 18.1 Å². The van der Waals surface area contributed by atoms with E-state index in [-0.39, 0.29) is 16.9 Å². The minimum atomic E-state index is -0.260. The van der Waals surface area contributed by atoms with E-state index in [4.69, 9.17) is 4.74 Å². The number of fused-ring (bicyclic) bond motifs is 1. The average Bonchev–Trinajstić information content (AvgIpc) is 3.07. The molecule has 0 saturated heterocycles. The van der Waals surface area contributed by atoms with E-state index in [1.54, 1.807) is 11.1 Å². The lowest BCUT2D eigenvalue weighted by molar-refractivity contribution is 0.0975. The quantitative estimate of drug-likeness (QED) is 0.688. The highest BCUT2D eigenvalue weighted by atomic mass is 16.5. The second kappa shape index (κ2) is 5.21. The predicted octanol–water partition coefficient (Wildman–Crippen LogP) is 2.60. The normalized spacial score (nSPS) is 15.1. The number of rotatable bonds is 1. The summed E-state index contributed by atoms with van der Waals surface area (Å²) in [6.07, 6.45) is 2.62. The van der Waals surface area contributed by atoms with E-state index in [1.165, 1.54) is 5.56 Å². The summed E-state index contributed by atoms with van der Waals surface area (Å²) in [6, 6.07) is 13.2. The number of hydrogen-bond acceptors (Lipinski definition) is 3. The molecule has 124 valence electrons. The Balaban J connectivity index is 1.68.